The van der Waals surface area contributed by atoms with Crippen LogP contribution in [0.3, 0.4) is 0 Å². The van der Waals surface area contributed by atoms with Crippen LogP contribution in [-0.4, -0.2) is 10.9 Å². The number of nitrogens with one attached hydrogen (secondary N) is 1. The summed E-state index contributed by atoms with van der Waals surface area (Å²) in [5, 5.41) is 3.67. The number of hydrogen-bond donors (Lipinski definition) is 2. The van der Waals surface area contributed by atoms with E-state index in [2.05, 4.69) is 26.2 Å². The number of rotatable bonds is 2. The molecule has 0 unspecified atom stereocenters. The second kappa shape index (κ2) is 5.54. The fourth-order valence-electron chi connectivity index (χ4n) is 2.11. The Kier molecular flexibility index (Phi) is 3.58. The van der Waals surface area contributed by atoms with Crippen LogP contribution in [0.15, 0.2) is 59.2 Å². The Labute approximate surface area is 130 Å². The summed E-state index contributed by atoms with van der Waals surface area (Å²) in [5.41, 5.74) is 8.43. The fourth-order valence-corrected chi connectivity index (χ4v) is 2.36. The van der Waals surface area contributed by atoms with Crippen LogP contribution in [0, 0.1) is 0 Å². The zero-order chi connectivity index (χ0) is 14.8. The molecule has 3 aromatic rings. The van der Waals surface area contributed by atoms with Crippen molar-refractivity contribution in [2.24, 2.45) is 0 Å². The molecule has 0 spiro atoms. The quantitative estimate of drug-likeness (QED) is 0.696. The first-order valence-corrected chi connectivity index (χ1v) is 7.14. The zero-order valence-electron chi connectivity index (χ0n) is 11.0. The molecule has 3 rings (SSSR count). The monoisotopic (exact) mass is 341 g/mol. The molecule has 0 saturated carbocycles. The van der Waals surface area contributed by atoms with Gasteiger partial charge >= 0.3 is 0 Å². The second-order valence-electron chi connectivity index (χ2n) is 4.57. The lowest BCUT2D eigenvalue weighted by Crippen LogP contribution is -2.12. The van der Waals surface area contributed by atoms with Gasteiger partial charge in [0, 0.05) is 27.4 Å². The number of nitrogens with zero attached hydrogens (tertiary/aromatic N) is 1. The van der Waals surface area contributed by atoms with Gasteiger partial charge in [-0.15, -0.1) is 0 Å². The Balaban J connectivity index is 1.95. The molecule has 0 fully saturated rings. The number of nitrogen functional groups attached to an aromatic ring is 1. The lowest BCUT2D eigenvalue weighted by atomic mass is 10.1. The topological polar surface area (TPSA) is 68.0 Å². The number of pyridine rings is 1. The first kappa shape index (κ1) is 13.6. The molecule has 0 atom stereocenters. The van der Waals surface area contributed by atoms with Crippen molar-refractivity contribution >= 4 is 44.1 Å². The van der Waals surface area contributed by atoms with E-state index in [0.717, 1.165) is 15.4 Å². The number of fused-ring (bicyclic) bond motifs is 1. The average molecular weight is 342 g/mol. The van der Waals surface area contributed by atoms with Crippen molar-refractivity contribution < 1.29 is 4.79 Å². The summed E-state index contributed by atoms with van der Waals surface area (Å²) in [6.45, 7) is 0. The molecule has 1 heterocycles. The third-order valence-corrected chi connectivity index (χ3v) is 3.87. The number of hydrogen-bond acceptors (Lipinski definition) is 3. The molecule has 3 N–H and O–H groups in total. The van der Waals surface area contributed by atoms with Crippen LogP contribution in [0.5, 0.6) is 0 Å². The molecular formula is C16H12BrN3O. The first-order valence-electron chi connectivity index (χ1n) is 6.35. The van der Waals surface area contributed by atoms with Crippen LogP contribution in [0.2, 0.25) is 0 Å². The molecule has 0 bridgehead atoms. The van der Waals surface area contributed by atoms with E-state index in [1.165, 1.54) is 0 Å². The molecule has 4 nitrogen and oxygen atoms in total. The molecule has 0 aliphatic heterocycles. The van der Waals surface area contributed by atoms with Gasteiger partial charge in [-0.3, -0.25) is 9.78 Å². The Morgan fingerprint density at radius 1 is 1.14 bits per heavy atom. The highest BCUT2D eigenvalue weighted by Gasteiger charge is 2.11. The largest absolute Gasteiger partial charge is 0.398 e. The minimum absolute atomic E-state index is 0.185. The van der Waals surface area contributed by atoms with Crippen LogP contribution in [0.1, 0.15) is 10.4 Å². The summed E-state index contributed by atoms with van der Waals surface area (Å²) in [4.78, 5) is 16.7. The molecule has 104 valence electrons. The SMILES string of the molecule is Nc1cc(NC(=O)c2ccnc3ccccc23)ccc1Br. The van der Waals surface area contributed by atoms with Gasteiger partial charge in [-0.1, -0.05) is 18.2 Å². The Morgan fingerprint density at radius 3 is 2.76 bits per heavy atom. The molecular weight excluding hydrogens is 330 g/mol. The van der Waals surface area contributed by atoms with Crippen molar-refractivity contribution in [3.63, 3.8) is 0 Å². The molecule has 1 aromatic heterocycles. The van der Waals surface area contributed by atoms with Crippen molar-refractivity contribution in [2.45, 2.75) is 0 Å². The molecule has 5 heteroatoms. The lowest BCUT2D eigenvalue weighted by molar-refractivity contribution is 0.102. The maximum Gasteiger partial charge on any atom is 0.256 e. The van der Waals surface area contributed by atoms with Gasteiger partial charge < -0.3 is 11.1 Å². The first-order chi connectivity index (χ1) is 10.1. The third-order valence-electron chi connectivity index (χ3n) is 3.15. The van der Waals surface area contributed by atoms with Crippen molar-refractivity contribution in [1.29, 1.82) is 0 Å². The minimum Gasteiger partial charge on any atom is -0.398 e. The van der Waals surface area contributed by atoms with Crippen LogP contribution in [0.4, 0.5) is 11.4 Å². The van der Waals surface area contributed by atoms with Crippen LogP contribution < -0.4 is 11.1 Å². The minimum atomic E-state index is -0.185. The number of para-hydroxylation sites is 1. The zero-order valence-corrected chi connectivity index (χ0v) is 12.6. The predicted octanol–water partition coefficient (Wildman–Crippen LogP) is 3.83. The number of carbonyl (C=O) groups is 1. The van der Waals surface area contributed by atoms with E-state index >= 15 is 0 Å². The summed E-state index contributed by atoms with van der Waals surface area (Å²) in [7, 11) is 0. The Hall–Kier alpha value is -2.40. The van der Waals surface area contributed by atoms with Gasteiger partial charge in [0.15, 0.2) is 0 Å². The normalized spacial score (nSPS) is 10.5. The van der Waals surface area contributed by atoms with Gasteiger partial charge in [0.1, 0.15) is 0 Å². The van der Waals surface area contributed by atoms with E-state index in [1.54, 1.807) is 30.5 Å². The van der Waals surface area contributed by atoms with Gasteiger partial charge in [-0.25, -0.2) is 0 Å². The number of benzene rings is 2. The second-order valence-corrected chi connectivity index (χ2v) is 5.42. The van der Waals surface area contributed by atoms with E-state index in [4.69, 9.17) is 5.73 Å². The van der Waals surface area contributed by atoms with E-state index in [0.29, 0.717) is 16.9 Å². The van der Waals surface area contributed by atoms with Crippen molar-refractivity contribution in [2.75, 3.05) is 11.1 Å². The van der Waals surface area contributed by atoms with Crippen LogP contribution in [-0.2, 0) is 0 Å². The molecule has 0 radical (unpaired) electrons. The highest BCUT2D eigenvalue weighted by Crippen LogP contribution is 2.24. The molecule has 0 saturated heterocycles. The lowest BCUT2D eigenvalue weighted by Gasteiger charge is -2.09. The standard InChI is InChI=1S/C16H12BrN3O/c17-13-6-5-10(9-14(13)18)20-16(21)12-7-8-19-15-4-2-1-3-11(12)15/h1-9H,18H2,(H,20,21). The summed E-state index contributed by atoms with van der Waals surface area (Å²) in [6.07, 6.45) is 1.63. The Morgan fingerprint density at radius 2 is 1.95 bits per heavy atom. The molecule has 0 aliphatic carbocycles. The highest BCUT2D eigenvalue weighted by molar-refractivity contribution is 9.10. The fraction of sp³-hybridized carbons (Fsp3) is 0. The average Bonchev–Trinajstić information content (AvgIpc) is 2.50. The summed E-state index contributed by atoms with van der Waals surface area (Å²) in [5.74, 6) is -0.185. The number of nitrogens with two attached hydrogens (primary N) is 1. The van der Waals surface area contributed by atoms with E-state index in [9.17, 15) is 4.79 Å². The number of carbonyl (C=O) groups excluding carboxylic acids is 1. The highest BCUT2D eigenvalue weighted by atomic mass is 79.9. The van der Waals surface area contributed by atoms with Crippen LogP contribution in [0.25, 0.3) is 10.9 Å². The molecule has 1 amide bonds. The van der Waals surface area contributed by atoms with Gasteiger partial charge in [0.2, 0.25) is 0 Å². The number of halogens is 1. The van der Waals surface area contributed by atoms with Gasteiger partial charge in [-0.2, -0.15) is 0 Å². The maximum absolute atomic E-state index is 12.4. The Bertz CT molecular complexity index is 827. The summed E-state index contributed by atoms with van der Waals surface area (Å²) < 4.78 is 0.801. The predicted molar refractivity (Wildman–Crippen MR) is 88.3 cm³/mol. The molecule has 0 aliphatic rings. The van der Waals surface area contributed by atoms with E-state index < -0.39 is 0 Å². The molecule has 2 aromatic carbocycles. The van der Waals surface area contributed by atoms with Crippen molar-refractivity contribution in [1.82, 2.24) is 4.98 Å². The van der Waals surface area contributed by atoms with Crippen LogP contribution >= 0.6 is 15.9 Å². The van der Waals surface area contributed by atoms with E-state index in [1.807, 2.05) is 24.3 Å². The summed E-state index contributed by atoms with van der Waals surface area (Å²) in [6, 6.07) is 14.6. The van der Waals surface area contributed by atoms with Crippen molar-refractivity contribution in [3.05, 3.63) is 64.8 Å². The van der Waals surface area contributed by atoms with E-state index in [-0.39, 0.29) is 5.91 Å². The van der Waals surface area contributed by atoms with Gasteiger partial charge in [0.25, 0.3) is 5.91 Å². The summed E-state index contributed by atoms with van der Waals surface area (Å²) >= 11 is 3.33. The number of anilines is 2. The molecule has 21 heavy (non-hydrogen) atoms. The maximum atomic E-state index is 12.4. The number of amides is 1. The van der Waals surface area contributed by atoms with Crippen molar-refractivity contribution in [3.8, 4) is 0 Å². The third kappa shape index (κ3) is 2.73. The van der Waals surface area contributed by atoms with Gasteiger partial charge in [-0.05, 0) is 46.3 Å². The smallest absolute Gasteiger partial charge is 0.256 e. The van der Waals surface area contributed by atoms with Gasteiger partial charge in [0.05, 0.1) is 11.1 Å². The number of aromatic nitrogens is 1.